The van der Waals surface area contributed by atoms with E-state index in [-0.39, 0.29) is 11.7 Å². The lowest BCUT2D eigenvalue weighted by atomic mass is 10.0. The number of phenolic OH excluding ortho intramolecular Hbond substituents is 1. The number of benzene rings is 3. The van der Waals surface area contributed by atoms with Crippen molar-refractivity contribution in [2.75, 3.05) is 51.8 Å². The van der Waals surface area contributed by atoms with E-state index >= 15 is 0 Å². The summed E-state index contributed by atoms with van der Waals surface area (Å²) >= 11 is 1.73. The standard InChI is InChI=1S/C29H36N2O4S/c1-21-9-10-26(22(2)19-21)35-15-6-5-11-30-29(33)25-20-27(23-7-3-4-8-24(23)28(25)32)36-18-14-31-12-16-34-17-13-31/h3-4,7-10,19-20,32H,5-6,11-18H2,1-2H3,(H,30,33). The Bertz CT molecular complexity index is 1180. The molecular formula is C29H36N2O4S. The van der Waals surface area contributed by atoms with Crippen LogP contribution >= 0.6 is 11.8 Å². The number of nitrogens with one attached hydrogen (secondary N) is 1. The van der Waals surface area contributed by atoms with Gasteiger partial charge in [-0.15, -0.1) is 11.8 Å². The van der Waals surface area contributed by atoms with E-state index in [0.29, 0.717) is 24.1 Å². The molecule has 4 rings (SSSR count). The molecule has 0 bridgehead atoms. The number of carbonyl (C=O) groups excluding carboxylic acids is 1. The largest absolute Gasteiger partial charge is 0.506 e. The van der Waals surface area contributed by atoms with Crippen LogP contribution in [0.5, 0.6) is 11.5 Å². The Labute approximate surface area is 218 Å². The van der Waals surface area contributed by atoms with Crippen LogP contribution in [0.4, 0.5) is 0 Å². The van der Waals surface area contributed by atoms with Crippen LogP contribution in [0.3, 0.4) is 0 Å². The summed E-state index contributed by atoms with van der Waals surface area (Å²) in [6, 6.07) is 15.7. The van der Waals surface area contributed by atoms with Crippen LogP contribution in [0.15, 0.2) is 53.4 Å². The molecule has 1 saturated heterocycles. The Morgan fingerprint density at radius 1 is 1.08 bits per heavy atom. The van der Waals surface area contributed by atoms with E-state index in [2.05, 4.69) is 23.2 Å². The summed E-state index contributed by atoms with van der Waals surface area (Å²) in [5.41, 5.74) is 2.68. The molecule has 0 spiro atoms. The first-order valence-electron chi connectivity index (χ1n) is 12.7. The number of hydrogen-bond acceptors (Lipinski definition) is 6. The second-order valence-corrected chi connectivity index (χ2v) is 10.3. The molecule has 0 unspecified atom stereocenters. The summed E-state index contributed by atoms with van der Waals surface area (Å²) in [5, 5.41) is 15.5. The number of thioether (sulfide) groups is 1. The van der Waals surface area contributed by atoms with Gasteiger partial charge in [-0.3, -0.25) is 9.69 Å². The Balaban J connectivity index is 1.31. The van der Waals surface area contributed by atoms with Gasteiger partial charge in [-0.05, 0) is 49.8 Å². The first-order chi connectivity index (χ1) is 17.5. The van der Waals surface area contributed by atoms with Gasteiger partial charge in [0.05, 0.1) is 25.4 Å². The van der Waals surface area contributed by atoms with E-state index in [1.165, 1.54) is 5.56 Å². The molecule has 6 nitrogen and oxygen atoms in total. The molecule has 3 aromatic carbocycles. The summed E-state index contributed by atoms with van der Waals surface area (Å²) in [5.74, 6) is 1.61. The van der Waals surface area contributed by atoms with Crippen molar-refractivity contribution in [2.24, 2.45) is 0 Å². The van der Waals surface area contributed by atoms with Crippen LogP contribution in [0.2, 0.25) is 0 Å². The Morgan fingerprint density at radius 2 is 1.86 bits per heavy atom. The number of rotatable bonds is 11. The molecule has 0 saturated carbocycles. The highest BCUT2D eigenvalue weighted by atomic mass is 32.2. The maximum Gasteiger partial charge on any atom is 0.255 e. The number of ether oxygens (including phenoxy) is 2. The minimum atomic E-state index is -0.247. The Kier molecular flexibility index (Phi) is 9.50. The van der Waals surface area contributed by atoms with Gasteiger partial charge < -0.3 is 19.9 Å². The zero-order valence-corrected chi connectivity index (χ0v) is 22.0. The topological polar surface area (TPSA) is 71.0 Å². The average Bonchev–Trinajstić information content (AvgIpc) is 2.89. The molecular weight excluding hydrogens is 472 g/mol. The molecule has 2 N–H and O–H groups in total. The van der Waals surface area contributed by atoms with Crippen molar-refractivity contribution < 1.29 is 19.4 Å². The van der Waals surface area contributed by atoms with Gasteiger partial charge in [-0.2, -0.15) is 0 Å². The van der Waals surface area contributed by atoms with Gasteiger partial charge in [0, 0.05) is 42.2 Å². The van der Waals surface area contributed by atoms with Crippen molar-refractivity contribution in [3.05, 3.63) is 65.2 Å². The number of morpholine rings is 1. The normalized spacial score (nSPS) is 14.2. The zero-order chi connectivity index (χ0) is 25.3. The minimum Gasteiger partial charge on any atom is -0.506 e. The first kappa shape index (κ1) is 26.3. The molecule has 1 amide bonds. The van der Waals surface area contributed by atoms with E-state index in [1.54, 1.807) is 11.8 Å². The number of hydrogen-bond donors (Lipinski definition) is 2. The predicted molar refractivity (Wildman–Crippen MR) is 147 cm³/mol. The summed E-state index contributed by atoms with van der Waals surface area (Å²) in [6.07, 6.45) is 1.63. The van der Waals surface area contributed by atoms with Crippen molar-refractivity contribution in [1.29, 1.82) is 0 Å². The van der Waals surface area contributed by atoms with E-state index in [1.807, 2.05) is 49.4 Å². The van der Waals surface area contributed by atoms with Crippen molar-refractivity contribution in [3.63, 3.8) is 0 Å². The highest BCUT2D eigenvalue weighted by Crippen LogP contribution is 2.36. The van der Waals surface area contributed by atoms with Gasteiger partial charge in [-0.1, -0.05) is 42.0 Å². The van der Waals surface area contributed by atoms with Crippen molar-refractivity contribution >= 4 is 28.4 Å². The molecule has 7 heteroatoms. The average molecular weight is 509 g/mol. The number of nitrogens with zero attached hydrogens (tertiary/aromatic N) is 1. The van der Waals surface area contributed by atoms with Crippen LogP contribution in [0, 0.1) is 13.8 Å². The smallest absolute Gasteiger partial charge is 0.255 e. The highest BCUT2D eigenvalue weighted by Gasteiger charge is 2.18. The minimum absolute atomic E-state index is 0.0406. The van der Waals surface area contributed by atoms with Crippen molar-refractivity contribution in [1.82, 2.24) is 10.2 Å². The van der Waals surface area contributed by atoms with Gasteiger partial charge in [0.15, 0.2) is 0 Å². The van der Waals surface area contributed by atoms with E-state index in [4.69, 9.17) is 9.47 Å². The molecule has 0 aliphatic carbocycles. The van der Waals surface area contributed by atoms with Crippen LogP contribution in [-0.2, 0) is 4.74 Å². The van der Waals surface area contributed by atoms with E-state index in [9.17, 15) is 9.90 Å². The van der Waals surface area contributed by atoms with E-state index < -0.39 is 0 Å². The lowest BCUT2D eigenvalue weighted by Crippen LogP contribution is -2.37. The van der Waals surface area contributed by atoms with Gasteiger partial charge in [0.25, 0.3) is 5.91 Å². The molecule has 0 atom stereocenters. The lowest BCUT2D eigenvalue weighted by molar-refractivity contribution is 0.0410. The molecule has 1 aliphatic rings. The molecule has 0 aromatic heterocycles. The van der Waals surface area contributed by atoms with E-state index in [0.717, 1.165) is 73.0 Å². The van der Waals surface area contributed by atoms with Crippen molar-refractivity contribution in [2.45, 2.75) is 31.6 Å². The number of carbonyl (C=O) groups is 1. The lowest BCUT2D eigenvalue weighted by Gasteiger charge is -2.26. The number of aromatic hydroxyl groups is 1. The Morgan fingerprint density at radius 3 is 2.64 bits per heavy atom. The SMILES string of the molecule is Cc1ccc(OCCCCNC(=O)c2cc(SCCN3CCOCC3)c3ccccc3c2O)c(C)c1. The second kappa shape index (κ2) is 13.0. The summed E-state index contributed by atoms with van der Waals surface area (Å²) in [7, 11) is 0. The summed E-state index contributed by atoms with van der Waals surface area (Å²) in [4.78, 5) is 16.4. The maximum absolute atomic E-state index is 13.0. The zero-order valence-electron chi connectivity index (χ0n) is 21.2. The van der Waals surface area contributed by atoms with Crippen LogP contribution in [0.25, 0.3) is 10.8 Å². The predicted octanol–water partition coefficient (Wildman–Crippen LogP) is 5.18. The fourth-order valence-electron chi connectivity index (χ4n) is 4.40. The fourth-order valence-corrected chi connectivity index (χ4v) is 5.50. The van der Waals surface area contributed by atoms with Crippen molar-refractivity contribution in [3.8, 4) is 11.5 Å². The highest BCUT2D eigenvalue weighted by molar-refractivity contribution is 7.99. The second-order valence-electron chi connectivity index (χ2n) is 9.20. The van der Waals surface area contributed by atoms with Crippen LogP contribution < -0.4 is 10.1 Å². The van der Waals surface area contributed by atoms with Crippen LogP contribution in [-0.4, -0.2) is 67.7 Å². The fraction of sp³-hybridized carbons (Fsp3) is 0.414. The van der Waals surface area contributed by atoms with Gasteiger partial charge in [0.1, 0.15) is 11.5 Å². The summed E-state index contributed by atoms with van der Waals surface area (Å²) in [6.45, 7) is 9.71. The third kappa shape index (κ3) is 6.93. The maximum atomic E-state index is 13.0. The molecule has 1 heterocycles. The number of phenols is 1. The number of fused-ring (bicyclic) bond motifs is 1. The molecule has 36 heavy (non-hydrogen) atoms. The quantitative estimate of drug-likeness (QED) is 0.275. The number of amides is 1. The monoisotopic (exact) mass is 508 g/mol. The third-order valence-corrected chi connectivity index (χ3v) is 7.47. The number of aryl methyl sites for hydroxylation is 2. The molecule has 1 aliphatic heterocycles. The van der Waals surface area contributed by atoms with Gasteiger partial charge in [-0.25, -0.2) is 0 Å². The Hall–Kier alpha value is -2.74. The molecule has 192 valence electrons. The third-order valence-electron chi connectivity index (χ3n) is 6.44. The molecule has 3 aromatic rings. The van der Waals surface area contributed by atoms with Crippen LogP contribution in [0.1, 0.15) is 34.3 Å². The molecule has 0 radical (unpaired) electrons. The van der Waals surface area contributed by atoms with Gasteiger partial charge in [0.2, 0.25) is 0 Å². The first-order valence-corrected chi connectivity index (χ1v) is 13.7. The number of unbranched alkanes of at least 4 members (excludes halogenated alkanes) is 1. The summed E-state index contributed by atoms with van der Waals surface area (Å²) < 4.78 is 11.3. The van der Waals surface area contributed by atoms with Gasteiger partial charge >= 0.3 is 0 Å². The molecule has 1 fully saturated rings.